The summed E-state index contributed by atoms with van der Waals surface area (Å²) in [6.07, 6.45) is 5.58. The van der Waals surface area contributed by atoms with Crippen molar-refractivity contribution < 1.29 is 9.53 Å². The Labute approximate surface area is 173 Å². The molecule has 0 aromatic heterocycles. The minimum absolute atomic E-state index is 0.118. The van der Waals surface area contributed by atoms with Gasteiger partial charge in [-0.25, -0.2) is 0 Å². The maximum atomic E-state index is 12.9. The van der Waals surface area contributed by atoms with Gasteiger partial charge >= 0.3 is 0 Å². The highest BCUT2D eigenvalue weighted by Crippen LogP contribution is 2.36. The molecule has 29 heavy (non-hydrogen) atoms. The Bertz CT molecular complexity index is 862. The molecule has 0 unspecified atom stereocenters. The predicted octanol–water partition coefficient (Wildman–Crippen LogP) is 4.81. The molecule has 2 aromatic carbocycles. The summed E-state index contributed by atoms with van der Waals surface area (Å²) in [5.74, 6) is 2.84. The first kappa shape index (κ1) is 18.7. The molecule has 3 aliphatic rings. The number of nitrogens with zero attached hydrogens (tertiary/aromatic N) is 1. The maximum absolute atomic E-state index is 12.9. The van der Waals surface area contributed by atoms with Crippen LogP contribution in [0.1, 0.15) is 32.1 Å². The molecular formula is C25H30N2O2. The van der Waals surface area contributed by atoms with Crippen LogP contribution >= 0.6 is 0 Å². The number of rotatable bonds is 3. The van der Waals surface area contributed by atoms with Gasteiger partial charge in [-0.2, -0.15) is 0 Å². The summed E-state index contributed by atoms with van der Waals surface area (Å²) >= 11 is 0. The van der Waals surface area contributed by atoms with E-state index in [2.05, 4.69) is 28.4 Å². The smallest absolute Gasteiger partial charge is 0.224 e. The lowest BCUT2D eigenvalue weighted by Gasteiger charge is -2.39. The van der Waals surface area contributed by atoms with E-state index in [0.29, 0.717) is 24.9 Å². The summed E-state index contributed by atoms with van der Waals surface area (Å²) in [6.45, 7) is 4.23. The van der Waals surface area contributed by atoms with E-state index in [4.69, 9.17) is 4.74 Å². The normalized spacial score (nSPS) is 25.3. The number of carbonyl (C=O) groups is 1. The molecule has 1 amide bonds. The van der Waals surface area contributed by atoms with E-state index >= 15 is 0 Å². The molecular weight excluding hydrogens is 360 g/mol. The van der Waals surface area contributed by atoms with E-state index < -0.39 is 0 Å². The number of ether oxygens (including phenoxy) is 1. The van der Waals surface area contributed by atoms with E-state index in [9.17, 15) is 4.79 Å². The first-order valence-electron chi connectivity index (χ1n) is 11.1. The van der Waals surface area contributed by atoms with Crippen LogP contribution in [0.3, 0.4) is 0 Å². The molecule has 2 aliphatic heterocycles. The predicted molar refractivity (Wildman–Crippen MR) is 116 cm³/mol. The Morgan fingerprint density at radius 3 is 2.66 bits per heavy atom. The number of fused-ring (bicyclic) bond motifs is 2. The fraction of sp³-hybridized carbons (Fsp3) is 0.480. The standard InChI is InChI=1S/C25H30N2O2/c28-25-15-21-10-12-27(16-18-6-7-18)17-22(21)11-13-29-24-9-8-20(14-23(24)26-25)19-4-2-1-3-5-19/h1-5,8-9,14,18,21-22H,6-7,10-13,15-17H2,(H,26,28)/t21-,22-/m0/s1. The van der Waals surface area contributed by atoms with Gasteiger partial charge in [0.25, 0.3) is 0 Å². The van der Waals surface area contributed by atoms with Gasteiger partial charge in [0.05, 0.1) is 12.3 Å². The third kappa shape index (κ3) is 4.48. The van der Waals surface area contributed by atoms with Crippen LogP contribution in [0.2, 0.25) is 0 Å². The molecule has 2 aromatic rings. The molecule has 1 N–H and O–H groups in total. The van der Waals surface area contributed by atoms with Crippen LogP contribution in [-0.2, 0) is 4.79 Å². The Balaban J connectivity index is 1.33. The maximum Gasteiger partial charge on any atom is 0.224 e. The molecule has 0 bridgehead atoms. The number of hydrogen-bond acceptors (Lipinski definition) is 3. The largest absolute Gasteiger partial charge is 0.491 e. The minimum Gasteiger partial charge on any atom is -0.491 e. The Morgan fingerprint density at radius 2 is 1.83 bits per heavy atom. The van der Waals surface area contributed by atoms with Crippen molar-refractivity contribution in [1.82, 2.24) is 4.90 Å². The summed E-state index contributed by atoms with van der Waals surface area (Å²) < 4.78 is 6.15. The monoisotopic (exact) mass is 390 g/mol. The average molecular weight is 391 g/mol. The number of piperidine rings is 1. The van der Waals surface area contributed by atoms with E-state index in [1.165, 1.54) is 19.4 Å². The third-order valence-corrected chi connectivity index (χ3v) is 6.74. The fourth-order valence-electron chi connectivity index (χ4n) is 4.91. The zero-order valence-electron chi connectivity index (χ0n) is 17.0. The summed E-state index contributed by atoms with van der Waals surface area (Å²) in [6, 6.07) is 16.4. The van der Waals surface area contributed by atoms with Crippen molar-refractivity contribution in [2.24, 2.45) is 17.8 Å². The summed E-state index contributed by atoms with van der Waals surface area (Å²) in [4.78, 5) is 15.5. The van der Waals surface area contributed by atoms with Crippen LogP contribution in [0.25, 0.3) is 11.1 Å². The second kappa shape index (κ2) is 8.19. The molecule has 0 radical (unpaired) electrons. The Morgan fingerprint density at radius 1 is 0.966 bits per heavy atom. The highest BCUT2D eigenvalue weighted by atomic mass is 16.5. The van der Waals surface area contributed by atoms with Gasteiger partial charge < -0.3 is 15.0 Å². The number of amides is 1. The van der Waals surface area contributed by atoms with Crippen molar-refractivity contribution >= 4 is 11.6 Å². The lowest BCUT2D eigenvalue weighted by atomic mass is 9.81. The third-order valence-electron chi connectivity index (χ3n) is 6.74. The van der Waals surface area contributed by atoms with Gasteiger partial charge in [-0.1, -0.05) is 36.4 Å². The molecule has 1 saturated carbocycles. The topological polar surface area (TPSA) is 41.6 Å². The van der Waals surface area contributed by atoms with Crippen molar-refractivity contribution in [3.63, 3.8) is 0 Å². The molecule has 4 nitrogen and oxygen atoms in total. The molecule has 5 rings (SSSR count). The molecule has 2 heterocycles. The highest BCUT2D eigenvalue weighted by molar-refractivity contribution is 5.93. The molecule has 1 aliphatic carbocycles. The van der Waals surface area contributed by atoms with Crippen molar-refractivity contribution in [2.45, 2.75) is 32.1 Å². The van der Waals surface area contributed by atoms with Crippen LogP contribution < -0.4 is 10.1 Å². The first-order chi connectivity index (χ1) is 14.2. The second-order valence-corrected chi connectivity index (χ2v) is 8.98. The minimum atomic E-state index is 0.118. The van der Waals surface area contributed by atoms with Crippen LogP contribution in [0.5, 0.6) is 5.75 Å². The first-order valence-corrected chi connectivity index (χ1v) is 11.1. The van der Waals surface area contributed by atoms with Gasteiger partial charge in [0.1, 0.15) is 5.75 Å². The molecule has 152 valence electrons. The van der Waals surface area contributed by atoms with E-state index in [-0.39, 0.29) is 5.91 Å². The lowest BCUT2D eigenvalue weighted by Crippen LogP contribution is -2.43. The molecule has 0 spiro atoms. The van der Waals surface area contributed by atoms with Gasteiger partial charge in [0.15, 0.2) is 0 Å². The van der Waals surface area contributed by atoms with Crippen LogP contribution in [0.15, 0.2) is 48.5 Å². The zero-order valence-corrected chi connectivity index (χ0v) is 17.0. The van der Waals surface area contributed by atoms with Crippen molar-refractivity contribution in [2.75, 3.05) is 31.6 Å². The fourth-order valence-corrected chi connectivity index (χ4v) is 4.91. The van der Waals surface area contributed by atoms with Crippen LogP contribution in [-0.4, -0.2) is 37.0 Å². The van der Waals surface area contributed by atoms with Gasteiger partial charge in [0.2, 0.25) is 5.91 Å². The van der Waals surface area contributed by atoms with Crippen molar-refractivity contribution in [1.29, 1.82) is 0 Å². The molecule has 1 saturated heterocycles. The second-order valence-electron chi connectivity index (χ2n) is 8.98. The SMILES string of the molecule is O=C1C[C@@H]2CCN(CC3CC3)C[C@@H]2CCOc2ccc(-c3ccccc3)cc2N1. The van der Waals surface area contributed by atoms with E-state index in [0.717, 1.165) is 54.4 Å². The Hall–Kier alpha value is -2.33. The zero-order chi connectivity index (χ0) is 19.6. The molecule has 2 atom stereocenters. The number of likely N-dealkylation sites (tertiary alicyclic amines) is 1. The van der Waals surface area contributed by atoms with Crippen molar-refractivity contribution in [3.05, 3.63) is 48.5 Å². The van der Waals surface area contributed by atoms with Crippen molar-refractivity contribution in [3.8, 4) is 16.9 Å². The summed E-state index contributed by atoms with van der Waals surface area (Å²) in [5.41, 5.74) is 3.03. The van der Waals surface area contributed by atoms with Crippen LogP contribution in [0.4, 0.5) is 5.69 Å². The number of nitrogens with one attached hydrogen (secondary N) is 1. The molecule has 2 fully saturated rings. The van der Waals surface area contributed by atoms with Gasteiger partial charge in [-0.3, -0.25) is 4.79 Å². The van der Waals surface area contributed by atoms with Gasteiger partial charge in [-0.05, 0) is 73.2 Å². The molecule has 4 heteroatoms. The number of benzene rings is 2. The summed E-state index contributed by atoms with van der Waals surface area (Å²) in [7, 11) is 0. The van der Waals surface area contributed by atoms with E-state index in [1.807, 2.05) is 30.3 Å². The number of hydrogen-bond donors (Lipinski definition) is 1. The quantitative estimate of drug-likeness (QED) is 0.817. The van der Waals surface area contributed by atoms with Gasteiger partial charge in [0, 0.05) is 19.5 Å². The van der Waals surface area contributed by atoms with Crippen LogP contribution in [0, 0.1) is 17.8 Å². The Kier molecular flexibility index (Phi) is 5.28. The number of anilines is 1. The van der Waals surface area contributed by atoms with Gasteiger partial charge in [-0.15, -0.1) is 0 Å². The summed E-state index contributed by atoms with van der Waals surface area (Å²) in [5, 5.41) is 3.15. The lowest BCUT2D eigenvalue weighted by molar-refractivity contribution is -0.118. The highest BCUT2D eigenvalue weighted by Gasteiger charge is 2.34. The van der Waals surface area contributed by atoms with E-state index in [1.54, 1.807) is 0 Å². The number of carbonyl (C=O) groups excluding carboxylic acids is 1. The average Bonchev–Trinajstić information content (AvgIpc) is 3.55.